The molecule has 3 rings (SSSR count). The van der Waals surface area contributed by atoms with Crippen LogP contribution in [0.5, 0.6) is 0 Å². The second kappa shape index (κ2) is 7.47. The molecule has 0 unspecified atom stereocenters. The van der Waals surface area contributed by atoms with Gasteiger partial charge in [-0.2, -0.15) is 5.10 Å². The zero-order valence-corrected chi connectivity index (χ0v) is 13.5. The van der Waals surface area contributed by atoms with Crippen molar-refractivity contribution in [2.45, 2.75) is 6.92 Å². The minimum absolute atomic E-state index is 0.0339. The quantitative estimate of drug-likeness (QED) is 0.657. The van der Waals surface area contributed by atoms with E-state index in [4.69, 9.17) is 0 Å². The molecule has 0 bridgehead atoms. The van der Waals surface area contributed by atoms with Crippen LogP contribution in [0.3, 0.4) is 0 Å². The summed E-state index contributed by atoms with van der Waals surface area (Å²) < 4.78 is 15.1. The van der Waals surface area contributed by atoms with Crippen molar-refractivity contribution in [2.75, 3.05) is 18.4 Å². The van der Waals surface area contributed by atoms with Crippen LogP contribution in [0, 0.1) is 12.7 Å². The van der Waals surface area contributed by atoms with Gasteiger partial charge >= 0.3 is 0 Å². The average Bonchev–Trinajstić information content (AvgIpc) is 3.06. The van der Waals surface area contributed by atoms with E-state index in [1.54, 1.807) is 10.7 Å². The summed E-state index contributed by atoms with van der Waals surface area (Å²) in [5.41, 5.74) is 0.854. The van der Waals surface area contributed by atoms with Gasteiger partial charge in [0.15, 0.2) is 11.6 Å². The van der Waals surface area contributed by atoms with Crippen LogP contribution < -0.4 is 10.6 Å². The molecule has 3 heterocycles. The summed E-state index contributed by atoms with van der Waals surface area (Å²) in [4.78, 5) is 23.8. The molecule has 0 fully saturated rings. The Labute approximate surface area is 143 Å². The number of nitrogens with zero attached hydrogens (tertiary/aromatic N) is 5. The third-order valence-electron chi connectivity index (χ3n) is 3.34. The van der Waals surface area contributed by atoms with Crippen molar-refractivity contribution < 1.29 is 9.18 Å². The summed E-state index contributed by atoms with van der Waals surface area (Å²) in [5, 5.41) is 9.98. The highest BCUT2D eigenvalue weighted by Crippen LogP contribution is 2.08. The van der Waals surface area contributed by atoms with E-state index in [-0.39, 0.29) is 5.56 Å². The van der Waals surface area contributed by atoms with Crippen molar-refractivity contribution in [2.24, 2.45) is 0 Å². The van der Waals surface area contributed by atoms with Crippen LogP contribution in [0.2, 0.25) is 0 Å². The summed E-state index contributed by atoms with van der Waals surface area (Å²) >= 11 is 0. The SMILES string of the molecule is Cc1ccn(-c2cc(NCCNC(=O)c3ccncc3F)ncn2)n1. The number of pyridine rings is 1. The number of halogens is 1. The van der Waals surface area contributed by atoms with Gasteiger partial charge in [-0.3, -0.25) is 9.78 Å². The first-order valence-electron chi connectivity index (χ1n) is 7.60. The van der Waals surface area contributed by atoms with E-state index in [9.17, 15) is 9.18 Å². The Morgan fingerprint density at radius 3 is 2.92 bits per heavy atom. The standard InChI is InChI=1S/C16H16FN7O/c1-11-3-7-24(23-11)15-8-14(21-10-22-15)19-5-6-20-16(25)12-2-4-18-9-13(12)17/h2-4,7-10H,5-6H2,1H3,(H,20,25)(H,19,21,22). The predicted molar refractivity (Wildman–Crippen MR) is 88.9 cm³/mol. The molecule has 1 amide bonds. The number of aryl methyl sites for hydroxylation is 1. The highest BCUT2D eigenvalue weighted by Gasteiger charge is 2.10. The van der Waals surface area contributed by atoms with Gasteiger partial charge < -0.3 is 10.6 Å². The average molecular weight is 341 g/mol. The molecule has 0 aliphatic carbocycles. The Morgan fingerprint density at radius 2 is 2.16 bits per heavy atom. The van der Waals surface area contributed by atoms with E-state index in [0.29, 0.717) is 24.7 Å². The molecule has 0 aliphatic heterocycles. The number of rotatable bonds is 6. The summed E-state index contributed by atoms with van der Waals surface area (Å²) in [6, 6.07) is 4.96. The number of aromatic nitrogens is 5. The molecule has 0 spiro atoms. The van der Waals surface area contributed by atoms with Crippen LogP contribution in [-0.2, 0) is 0 Å². The molecule has 3 aromatic rings. The molecule has 3 aromatic heterocycles. The van der Waals surface area contributed by atoms with Gasteiger partial charge in [0.05, 0.1) is 17.5 Å². The summed E-state index contributed by atoms with van der Waals surface area (Å²) in [6.07, 6.45) is 5.62. The smallest absolute Gasteiger partial charge is 0.254 e. The molecule has 0 radical (unpaired) electrons. The first kappa shape index (κ1) is 16.5. The first-order chi connectivity index (χ1) is 12.1. The fraction of sp³-hybridized carbons (Fsp3) is 0.188. The van der Waals surface area contributed by atoms with Crippen molar-refractivity contribution in [3.63, 3.8) is 0 Å². The lowest BCUT2D eigenvalue weighted by molar-refractivity contribution is 0.0951. The molecule has 0 atom stereocenters. The van der Waals surface area contributed by atoms with E-state index >= 15 is 0 Å². The normalized spacial score (nSPS) is 10.5. The van der Waals surface area contributed by atoms with E-state index in [0.717, 1.165) is 11.9 Å². The summed E-state index contributed by atoms with van der Waals surface area (Å²) in [6.45, 7) is 2.62. The monoisotopic (exact) mass is 341 g/mol. The molecule has 8 nitrogen and oxygen atoms in total. The number of anilines is 1. The zero-order chi connectivity index (χ0) is 17.6. The van der Waals surface area contributed by atoms with Crippen LogP contribution >= 0.6 is 0 Å². The number of hydrogen-bond acceptors (Lipinski definition) is 6. The van der Waals surface area contributed by atoms with Crippen molar-refractivity contribution in [3.8, 4) is 5.82 Å². The number of nitrogens with one attached hydrogen (secondary N) is 2. The summed E-state index contributed by atoms with van der Waals surface area (Å²) in [7, 11) is 0. The van der Waals surface area contributed by atoms with Gasteiger partial charge in [-0.05, 0) is 19.1 Å². The minimum Gasteiger partial charge on any atom is -0.368 e. The fourth-order valence-corrected chi connectivity index (χ4v) is 2.13. The number of hydrogen-bond donors (Lipinski definition) is 2. The molecule has 0 aromatic carbocycles. The largest absolute Gasteiger partial charge is 0.368 e. The molecular formula is C16H16FN7O. The molecule has 25 heavy (non-hydrogen) atoms. The molecule has 0 saturated heterocycles. The molecule has 0 saturated carbocycles. The van der Waals surface area contributed by atoms with Gasteiger partial charge in [0.2, 0.25) is 0 Å². The van der Waals surface area contributed by atoms with Crippen LogP contribution in [0.15, 0.2) is 43.1 Å². The molecule has 9 heteroatoms. The maximum absolute atomic E-state index is 13.5. The van der Waals surface area contributed by atoms with Crippen molar-refractivity contribution in [1.29, 1.82) is 0 Å². The highest BCUT2D eigenvalue weighted by molar-refractivity contribution is 5.94. The summed E-state index contributed by atoms with van der Waals surface area (Å²) in [5.74, 6) is 0.0935. The second-order valence-corrected chi connectivity index (χ2v) is 5.20. The third kappa shape index (κ3) is 4.14. The molecular weight excluding hydrogens is 325 g/mol. The van der Waals surface area contributed by atoms with Crippen LogP contribution in [0.4, 0.5) is 10.2 Å². The van der Waals surface area contributed by atoms with E-state index in [1.807, 2.05) is 19.2 Å². The lowest BCUT2D eigenvalue weighted by atomic mass is 10.2. The lowest BCUT2D eigenvalue weighted by Crippen LogP contribution is -2.29. The highest BCUT2D eigenvalue weighted by atomic mass is 19.1. The van der Waals surface area contributed by atoms with Gasteiger partial charge in [0.1, 0.15) is 12.1 Å². The third-order valence-corrected chi connectivity index (χ3v) is 3.34. The molecule has 2 N–H and O–H groups in total. The first-order valence-corrected chi connectivity index (χ1v) is 7.60. The second-order valence-electron chi connectivity index (χ2n) is 5.20. The van der Waals surface area contributed by atoms with Gasteiger partial charge in [0, 0.05) is 31.5 Å². The van der Waals surface area contributed by atoms with Crippen LogP contribution in [0.25, 0.3) is 5.82 Å². The minimum atomic E-state index is -0.650. The van der Waals surface area contributed by atoms with E-state index in [2.05, 4.69) is 30.7 Å². The Kier molecular flexibility index (Phi) is 4.93. The molecule has 128 valence electrons. The van der Waals surface area contributed by atoms with Gasteiger partial charge in [-0.1, -0.05) is 0 Å². The van der Waals surface area contributed by atoms with Crippen molar-refractivity contribution >= 4 is 11.7 Å². The number of carbonyl (C=O) groups is 1. The van der Waals surface area contributed by atoms with Gasteiger partial charge in [0.25, 0.3) is 5.91 Å². The van der Waals surface area contributed by atoms with Gasteiger partial charge in [-0.25, -0.2) is 19.0 Å². The van der Waals surface area contributed by atoms with Crippen molar-refractivity contribution in [1.82, 2.24) is 30.0 Å². The topological polar surface area (TPSA) is 97.6 Å². The van der Waals surface area contributed by atoms with Crippen LogP contribution in [-0.4, -0.2) is 43.7 Å². The predicted octanol–water partition coefficient (Wildman–Crippen LogP) is 1.35. The van der Waals surface area contributed by atoms with Crippen LogP contribution in [0.1, 0.15) is 16.1 Å². The number of carbonyl (C=O) groups excluding carboxylic acids is 1. The zero-order valence-electron chi connectivity index (χ0n) is 13.5. The fourth-order valence-electron chi connectivity index (χ4n) is 2.13. The van der Waals surface area contributed by atoms with E-state index < -0.39 is 11.7 Å². The van der Waals surface area contributed by atoms with Crippen molar-refractivity contribution in [3.05, 3.63) is 60.2 Å². The Morgan fingerprint density at radius 1 is 1.28 bits per heavy atom. The van der Waals surface area contributed by atoms with Gasteiger partial charge in [-0.15, -0.1) is 0 Å². The maximum Gasteiger partial charge on any atom is 0.254 e. The number of amides is 1. The Bertz CT molecular complexity index is 880. The maximum atomic E-state index is 13.5. The van der Waals surface area contributed by atoms with E-state index in [1.165, 1.54) is 18.6 Å². The Balaban J connectivity index is 1.53. The Hall–Kier alpha value is -3.36. The lowest BCUT2D eigenvalue weighted by Gasteiger charge is -2.08. The molecule has 0 aliphatic rings.